The van der Waals surface area contributed by atoms with Gasteiger partial charge in [0.25, 0.3) is 0 Å². The van der Waals surface area contributed by atoms with Crippen LogP contribution in [0.5, 0.6) is 11.5 Å². The Morgan fingerprint density at radius 1 is 1.07 bits per heavy atom. The molecule has 0 saturated heterocycles. The number of ether oxygens (including phenoxy) is 2. The summed E-state index contributed by atoms with van der Waals surface area (Å²) in [5.74, 6) is 1.60. The van der Waals surface area contributed by atoms with Crippen LogP contribution in [0.3, 0.4) is 0 Å². The standard InChI is InChI=1S/C21H18BrN3O2/c1-12-19(16-10-14(22)6-9-18(16)27-3)17(11-23)21(24)25-20(12)13-4-7-15(26-2)8-5-13/h4-10H,1-3H3,(H2,24,25). The Bertz CT molecular complexity index is 1040. The van der Waals surface area contributed by atoms with Gasteiger partial charge >= 0.3 is 0 Å². The second kappa shape index (κ2) is 7.68. The van der Waals surface area contributed by atoms with Crippen molar-refractivity contribution in [2.24, 2.45) is 0 Å². The van der Waals surface area contributed by atoms with E-state index in [1.165, 1.54) is 0 Å². The second-order valence-corrected chi connectivity index (χ2v) is 6.82. The van der Waals surface area contributed by atoms with Crippen molar-refractivity contribution in [1.82, 2.24) is 4.98 Å². The molecule has 2 aromatic carbocycles. The number of nitrogens with two attached hydrogens (primary N) is 1. The van der Waals surface area contributed by atoms with Gasteiger partial charge in [0.05, 0.1) is 19.9 Å². The molecule has 0 unspecified atom stereocenters. The molecule has 2 N–H and O–H groups in total. The number of rotatable bonds is 4. The molecular weight excluding hydrogens is 406 g/mol. The number of nitrogens with zero attached hydrogens (tertiary/aromatic N) is 2. The van der Waals surface area contributed by atoms with Crippen LogP contribution in [0, 0.1) is 18.3 Å². The van der Waals surface area contributed by atoms with Crippen LogP contribution in [-0.4, -0.2) is 19.2 Å². The number of halogens is 1. The van der Waals surface area contributed by atoms with Crippen LogP contribution in [0.1, 0.15) is 11.1 Å². The molecule has 1 aromatic heterocycles. The summed E-state index contributed by atoms with van der Waals surface area (Å²) in [6.45, 7) is 1.93. The molecule has 3 aromatic rings. The first-order valence-corrected chi connectivity index (χ1v) is 8.98. The Hall–Kier alpha value is -3.04. The minimum Gasteiger partial charge on any atom is -0.497 e. The molecule has 5 nitrogen and oxygen atoms in total. The van der Waals surface area contributed by atoms with Gasteiger partial charge in [-0.25, -0.2) is 4.98 Å². The van der Waals surface area contributed by atoms with Crippen molar-refractivity contribution in [3.63, 3.8) is 0 Å². The Kier molecular flexibility index (Phi) is 5.33. The fraction of sp³-hybridized carbons (Fsp3) is 0.143. The maximum absolute atomic E-state index is 9.71. The third kappa shape index (κ3) is 3.46. The number of pyridine rings is 1. The van der Waals surface area contributed by atoms with Crippen LogP contribution >= 0.6 is 15.9 Å². The van der Waals surface area contributed by atoms with E-state index in [1.807, 2.05) is 49.4 Å². The minimum atomic E-state index is 0.186. The maximum atomic E-state index is 9.71. The lowest BCUT2D eigenvalue weighted by atomic mass is 9.92. The molecule has 0 aliphatic carbocycles. The summed E-state index contributed by atoms with van der Waals surface area (Å²) in [5, 5.41) is 9.71. The molecule has 0 radical (unpaired) electrons. The van der Waals surface area contributed by atoms with Crippen LogP contribution in [0.4, 0.5) is 5.82 Å². The van der Waals surface area contributed by atoms with Crippen molar-refractivity contribution in [2.45, 2.75) is 6.92 Å². The molecule has 3 rings (SSSR count). The highest BCUT2D eigenvalue weighted by Gasteiger charge is 2.21. The molecule has 0 amide bonds. The highest BCUT2D eigenvalue weighted by molar-refractivity contribution is 9.10. The number of hydrogen-bond donors (Lipinski definition) is 1. The fourth-order valence-corrected chi connectivity index (χ4v) is 3.41. The average molecular weight is 424 g/mol. The van der Waals surface area contributed by atoms with Crippen LogP contribution < -0.4 is 15.2 Å². The monoisotopic (exact) mass is 423 g/mol. The molecule has 0 aliphatic heterocycles. The predicted molar refractivity (Wildman–Crippen MR) is 110 cm³/mol. The van der Waals surface area contributed by atoms with Gasteiger partial charge in [-0.3, -0.25) is 0 Å². The number of aromatic nitrogens is 1. The van der Waals surface area contributed by atoms with Gasteiger partial charge in [0, 0.05) is 21.2 Å². The molecule has 6 heteroatoms. The lowest BCUT2D eigenvalue weighted by Gasteiger charge is -2.17. The summed E-state index contributed by atoms with van der Waals surface area (Å²) < 4.78 is 11.6. The largest absolute Gasteiger partial charge is 0.497 e. The molecule has 1 heterocycles. The third-order valence-corrected chi connectivity index (χ3v) is 4.87. The quantitative estimate of drug-likeness (QED) is 0.641. The van der Waals surface area contributed by atoms with Crippen molar-refractivity contribution < 1.29 is 9.47 Å². The van der Waals surface area contributed by atoms with E-state index in [2.05, 4.69) is 27.0 Å². The molecular formula is C21H18BrN3O2. The van der Waals surface area contributed by atoms with Crippen LogP contribution in [0.2, 0.25) is 0 Å². The molecule has 0 saturated carbocycles. The second-order valence-electron chi connectivity index (χ2n) is 5.91. The van der Waals surface area contributed by atoms with Crippen LogP contribution in [-0.2, 0) is 0 Å². The van der Waals surface area contributed by atoms with E-state index >= 15 is 0 Å². The average Bonchev–Trinajstić information content (AvgIpc) is 2.69. The molecule has 0 atom stereocenters. The normalized spacial score (nSPS) is 10.3. The summed E-state index contributed by atoms with van der Waals surface area (Å²) in [4.78, 5) is 4.50. The number of nitrogen functional groups attached to an aromatic ring is 1. The Labute approximate surface area is 166 Å². The van der Waals surface area contributed by atoms with E-state index < -0.39 is 0 Å². The van der Waals surface area contributed by atoms with Crippen molar-refractivity contribution in [3.8, 4) is 40.0 Å². The first-order valence-electron chi connectivity index (χ1n) is 8.18. The zero-order valence-corrected chi connectivity index (χ0v) is 16.8. The van der Waals surface area contributed by atoms with Crippen LogP contribution in [0.25, 0.3) is 22.4 Å². The third-order valence-electron chi connectivity index (χ3n) is 4.37. The van der Waals surface area contributed by atoms with Crippen molar-refractivity contribution in [1.29, 1.82) is 5.26 Å². The van der Waals surface area contributed by atoms with Gasteiger partial charge in [-0.1, -0.05) is 15.9 Å². The van der Waals surface area contributed by atoms with E-state index in [0.717, 1.165) is 26.9 Å². The molecule has 27 heavy (non-hydrogen) atoms. The zero-order valence-electron chi connectivity index (χ0n) is 15.2. The van der Waals surface area contributed by atoms with Gasteiger partial charge < -0.3 is 15.2 Å². The van der Waals surface area contributed by atoms with Gasteiger partial charge in [-0.15, -0.1) is 0 Å². The highest BCUT2D eigenvalue weighted by Crippen LogP contribution is 2.41. The van der Waals surface area contributed by atoms with Gasteiger partial charge in [-0.2, -0.15) is 5.26 Å². The number of anilines is 1. The minimum absolute atomic E-state index is 0.186. The smallest absolute Gasteiger partial charge is 0.142 e. The van der Waals surface area contributed by atoms with Crippen molar-refractivity contribution >= 4 is 21.7 Å². The Morgan fingerprint density at radius 3 is 2.37 bits per heavy atom. The first kappa shape index (κ1) is 18.7. The Morgan fingerprint density at radius 2 is 1.78 bits per heavy atom. The van der Waals surface area contributed by atoms with Gasteiger partial charge in [0.1, 0.15) is 28.9 Å². The van der Waals surface area contributed by atoms with E-state index in [4.69, 9.17) is 15.2 Å². The van der Waals surface area contributed by atoms with E-state index in [0.29, 0.717) is 22.6 Å². The SMILES string of the molecule is COc1ccc(-c2nc(N)c(C#N)c(-c3cc(Br)ccc3OC)c2C)cc1. The Balaban J connectivity index is 2.32. The van der Waals surface area contributed by atoms with Gasteiger partial charge in [0.2, 0.25) is 0 Å². The van der Waals surface area contributed by atoms with Crippen molar-refractivity contribution in [2.75, 3.05) is 20.0 Å². The van der Waals surface area contributed by atoms with Crippen LogP contribution in [0.15, 0.2) is 46.9 Å². The maximum Gasteiger partial charge on any atom is 0.142 e. The van der Waals surface area contributed by atoms with E-state index in [9.17, 15) is 5.26 Å². The summed E-state index contributed by atoms with van der Waals surface area (Å²) in [6, 6.07) is 15.4. The first-order chi connectivity index (χ1) is 13.0. The number of hydrogen-bond acceptors (Lipinski definition) is 5. The molecule has 136 valence electrons. The molecule has 0 bridgehead atoms. The topological polar surface area (TPSA) is 81.2 Å². The van der Waals surface area contributed by atoms with Gasteiger partial charge in [-0.05, 0) is 55.0 Å². The lowest BCUT2D eigenvalue weighted by molar-refractivity contribution is 0.415. The summed E-state index contributed by atoms with van der Waals surface area (Å²) in [6.07, 6.45) is 0. The van der Waals surface area contributed by atoms with Gasteiger partial charge in [0.15, 0.2) is 0 Å². The molecule has 0 spiro atoms. The summed E-state index contributed by atoms with van der Waals surface area (Å²) >= 11 is 3.49. The highest BCUT2D eigenvalue weighted by atomic mass is 79.9. The zero-order chi connectivity index (χ0) is 19.6. The lowest BCUT2D eigenvalue weighted by Crippen LogP contribution is -2.04. The number of benzene rings is 2. The summed E-state index contributed by atoms with van der Waals surface area (Å²) in [7, 11) is 3.22. The predicted octanol–water partition coefficient (Wildman–Crippen LogP) is 4.96. The molecule has 0 aliphatic rings. The van der Waals surface area contributed by atoms with E-state index in [-0.39, 0.29) is 5.82 Å². The fourth-order valence-electron chi connectivity index (χ4n) is 3.05. The number of methoxy groups -OCH3 is 2. The van der Waals surface area contributed by atoms with E-state index in [1.54, 1.807) is 14.2 Å². The number of nitriles is 1. The van der Waals surface area contributed by atoms with Crippen molar-refractivity contribution in [3.05, 3.63) is 58.1 Å². The molecule has 0 fully saturated rings. The summed E-state index contributed by atoms with van der Waals surface area (Å²) in [5.41, 5.74) is 10.4.